The Morgan fingerprint density at radius 1 is 0.943 bits per heavy atom. The van der Waals surface area contributed by atoms with Gasteiger partial charge in [-0.15, -0.1) is 0 Å². The van der Waals surface area contributed by atoms with Crippen LogP contribution in [0.2, 0.25) is 0 Å². The molecule has 0 saturated carbocycles. The Kier molecular flexibility index (Phi) is 7.33. The van der Waals surface area contributed by atoms with Crippen LogP contribution in [-0.4, -0.2) is 68.2 Å². The molecule has 184 valence electrons. The van der Waals surface area contributed by atoms with E-state index >= 15 is 0 Å². The van der Waals surface area contributed by atoms with Gasteiger partial charge >= 0.3 is 12.1 Å². The Balaban J connectivity index is 1.23. The largest absolute Gasteiger partial charge is 0.467 e. The predicted octanol–water partition coefficient (Wildman–Crippen LogP) is 2.05. The molecule has 2 aromatic carbocycles. The van der Waals surface area contributed by atoms with Crippen molar-refractivity contribution in [1.82, 2.24) is 15.5 Å². The number of nitrogens with one attached hydrogen (secondary N) is 2. The molecule has 9 heteroatoms. The first-order valence-corrected chi connectivity index (χ1v) is 11.6. The van der Waals surface area contributed by atoms with Crippen molar-refractivity contribution in [1.29, 1.82) is 0 Å². The Morgan fingerprint density at radius 2 is 1.57 bits per heavy atom. The number of rotatable bonds is 7. The van der Waals surface area contributed by atoms with Gasteiger partial charge in [0.2, 0.25) is 11.8 Å². The SMILES string of the molecule is COC(=O)C1CC(C)CN1C(=O)CNC(=O)CNC(=O)OCC1c2ccccc2-c2ccccc21. The van der Waals surface area contributed by atoms with Crippen LogP contribution in [0.25, 0.3) is 11.1 Å². The highest BCUT2D eigenvalue weighted by atomic mass is 16.5. The molecule has 2 unspecified atom stereocenters. The fourth-order valence-electron chi connectivity index (χ4n) is 4.82. The number of amides is 3. The minimum absolute atomic E-state index is 0.0785. The standard InChI is InChI=1S/C26H29N3O6/c1-16-11-22(25(32)34-2)29(14-16)24(31)13-27-23(30)12-28-26(33)35-15-21-19-9-5-3-7-17(19)18-8-4-6-10-20(18)21/h3-10,16,21-22H,11-15H2,1-2H3,(H,27,30)(H,28,33). The maximum Gasteiger partial charge on any atom is 0.407 e. The van der Waals surface area contributed by atoms with Crippen LogP contribution >= 0.6 is 0 Å². The monoisotopic (exact) mass is 479 g/mol. The molecule has 0 radical (unpaired) electrons. The van der Waals surface area contributed by atoms with Crippen molar-refractivity contribution in [3.05, 3.63) is 59.7 Å². The molecule has 2 N–H and O–H groups in total. The molecule has 35 heavy (non-hydrogen) atoms. The molecule has 1 saturated heterocycles. The number of likely N-dealkylation sites (tertiary alicyclic amines) is 1. The summed E-state index contributed by atoms with van der Waals surface area (Å²) in [6, 6.07) is 15.4. The van der Waals surface area contributed by atoms with E-state index in [2.05, 4.69) is 22.8 Å². The van der Waals surface area contributed by atoms with Crippen molar-refractivity contribution in [3.63, 3.8) is 0 Å². The fourth-order valence-corrected chi connectivity index (χ4v) is 4.82. The predicted molar refractivity (Wildman–Crippen MR) is 127 cm³/mol. The molecule has 0 spiro atoms. The van der Waals surface area contributed by atoms with Crippen LogP contribution in [0.4, 0.5) is 4.79 Å². The maximum atomic E-state index is 12.5. The van der Waals surface area contributed by atoms with E-state index in [1.54, 1.807) is 0 Å². The lowest BCUT2D eigenvalue weighted by Crippen LogP contribution is -2.47. The van der Waals surface area contributed by atoms with Crippen LogP contribution in [0.3, 0.4) is 0 Å². The second-order valence-electron chi connectivity index (χ2n) is 8.88. The van der Waals surface area contributed by atoms with E-state index in [0.717, 1.165) is 22.3 Å². The minimum atomic E-state index is -0.715. The van der Waals surface area contributed by atoms with E-state index in [-0.39, 0.29) is 37.4 Å². The number of ether oxygens (including phenoxy) is 2. The third kappa shape index (κ3) is 5.29. The first-order chi connectivity index (χ1) is 16.9. The van der Waals surface area contributed by atoms with E-state index in [1.807, 2.05) is 43.3 Å². The maximum absolute atomic E-state index is 12.5. The van der Waals surface area contributed by atoms with Crippen LogP contribution in [0.1, 0.15) is 30.4 Å². The van der Waals surface area contributed by atoms with Gasteiger partial charge in [0.1, 0.15) is 19.2 Å². The normalized spacial score (nSPS) is 18.4. The van der Waals surface area contributed by atoms with E-state index in [9.17, 15) is 19.2 Å². The van der Waals surface area contributed by atoms with Gasteiger partial charge in [0.05, 0.1) is 13.7 Å². The van der Waals surface area contributed by atoms with Crippen LogP contribution in [0.5, 0.6) is 0 Å². The average molecular weight is 480 g/mol. The zero-order chi connectivity index (χ0) is 24.9. The Labute approximate surface area is 203 Å². The van der Waals surface area contributed by atoms with E-state index in [0.29, 0.717) is 13.0 Å². The van der Waals surface area contributed by atoms with Crippen molar-refractivity contribution in [2.45, 2.75) is 25.3 Å². The molecule has 0 bridgehead atoms. The molecule has 2 aromatic rings. The third-order valence-corrected chi connectivity index (χ3v) is 6.48. The van der Waals surface area contributed by atoms with Crippen LogP contribution in [0.15, 0.2) is 48.5 Å². The van der Waals surface area contributed by atoms with Gasteiger partial charge in [-0.3, -0.25) is 9.59 Å². The molecule has 9 nitrogen and oxygen atoms in total. The molecular formula is C26H29N3O6. The van der Waals surface area contributed by atoms with Crippen molar-refractivity contribution in [2.75, 3.05) is 33.4 Å². The average Bonchev–Trinajstić information content (AvgIpc) is 3.42. The second-order valence-corrected chi connectivity index (χ2v) is 8.88. The molecule has 2 atom stereocenters. The molecule has 1 heterocycles. The number of fused-ring (bicyclic) bond motifs is 3. The summed E-state index contributed by atoms with van der Waals surface area (Å²) in [5, 5.41) is 4.90. The van der Waals surface area contributed by atoms with Crippen LogP contribution in [0, 0.1) is 5.92 Å². The van der Waals surface area contributed by atoms with Gasteiger partial charge in [-0.25, -0.2) is 9.59 Å². The number of carbonyl (C=O) groups excluding carboxylic acids is 4. The molecule has 0 aromatic heterocycles. The minimum Gasteiger partial charge on any atom is -0.467 e. The van der Waals surface area contributed by atoms with Crippen LogP contribution in [-0.2, 0) is 23.9 Å². The summed E-state index contributed by atoms with van der Waals surface area (Å²) in [6.45, 7) is 1.90. The van der Waals surface area contributed by atoms with Gasteiger partial charge in [0, 0.05) is 12.5 Å². The van der Waals surface area contributed by atoms with Crippen molar-refractivity contribution >= 4 is 23.9 Å². The summed E-state index contributed by atoms with van der Waals surface area (Å²) in [7, 11) is 1.28. The number of nitrogens with zero attached hydrogens (tertiary/aromatic N) is 1. The van der Waals surface area contributed by atoms with Gasteiger partial charge in [0.25, 0.3) is 0 Å². The molecule has 1 aliphatic carbocycles. The Bertz CT molecular complexity index is 1090. The summed E-state index contributed by atoms with van der Waals surface area (Å²) in [5.41, 5.74) is 4.45. The summed E-state index contributed by atoms with van der Waals surface area (Å²) in [4.78, 5) is 50.2. The van der Waals surface area contributed by atoms with Gasteiger partial charge < -0.3 is 25.0 Å². The van der Waals surface area contributed by atoms with E-state index in [1.165, 1.54) is 12.0 Å². The summed E-state index contributed by atoms with van der Waals surface area (Å²) >= 11 is 0. The van der Waals surface area contributed by atoms with E-state index in [4.69, 9.17) is 9.47 Å². The summed E-state index contributed by atoms with van der Waals surface area (Å²) in [5.74, 6) is -1.29. The highest BCUT2D eigenvalue weighted by Gasteiger charge is 2.38. The highest BCUT2D eigenvalue weighted by Crippen LogP contribution is 2.44. The molecule has 1 fully saturated rings. The van der Waals surface area contributed by atoms with Crippen molar-refractivity contribution < 1.29 is 28.7 Å². The molecule has 2 aliphatic rings. The first-order valence-electron chi connectivity index (χ1n) is 11.6. The van der Waals surface area contributed by atoms with Gasteiger partial charge in [0.15, 0.2) is 0 Å². The number of hydrogen-bond acceptors (Lipinski definition) is 6. The lowest BCUT2D eigenvalue weighted by Gasteiger charge is -2.22. The lowest BCUT2D eigenvalue weighted by atomic mass is 9.98. The lowest BCUT2D eigenvalue weighted by molar-refractivity contribution is -0.150. The smallest absolute Gasteiger partial charge is 0.407 e. The molecule has 4 rings (SSSR count). The van der Waals surface area contributed by atoms with Crippen molar-refractivity contribution in [2.24, 2.45) is 5.92 Å². The number of hydrogen-bond donors (Lipinski definition) is 2. The second kappa shape index (κ2) is 10.6. The van der Waals surface area contributed by atoms with Crippen LogP contribution < -0.4 is 10.6 Å². The van der Waals surface area contributed by atoms with Gasteiger partial charge in [-0.2, -0.15) is 0 Å². The number of esters is 1. The topological polar surface area (TPSA) is 114 Å². The molecule has 3 amide bonds. The number of benzene rings is 2. The summed E-state index contributed by atoms with van der Waals surface area (Å²) in [6.07, 6.45) is -0.192. The quantitative estimate of drug-likeness (QED) is 0.588. The number of methoxy groups -OCH3 is 1. The van der Waals surface area contributed by atoms with E-state index < -0.39 is 24.0 Å². The van der Waals surface area contributed by atoms with Crippen molar-refractivity contribution in [3.8, 4) is 11.1 Å². The molecular weight excluding hydrogens is 450 g/mol. The Hall–Kier alpha value is -3.88. The Morgan fingerprint density at radius 3 is 2.20 bits per heavy atom. The van der Waals surface area contributed by atoms with Gasteiger partial charge in [-0.1, -0.05) is 55.5 Å². The number of alkyl carbamates (subject to hydrolysis) is 1. The fraction of sp³-hybridized carbons (Fsp3) is 0.385. The number of carbonyl (C=O) groups is 4. The zero-order valence-electron chi connectivity index (χ0n) is 19.8. The summed E-state index contributed by atoms with van der Waals surface area (Å²) < 4.78 is 10.2. The van der Waals surface area contributed by atoms with Gasteiger partial charge in [-0.05, 0) is 34.6 Å². The zero-order valence-corrected chi connectivity index (χ0v) is 19.8. The first kappa shape index (κ1) is 24.3. The molecule has 1 aliphatic heterocycles. The highest BCUT2D eigenvalue weighted by molar-refractivity contribution is 5.90. The third-order valence-electron chi connectivity index (χ3n) is 6.48.